The summed E-state index contributed by atoms with van der Waals surface area (Å²) in [6, 6.07) is 5.01. The van der Waals surface area contributed by atoms with E-state index in [1.54, 1.807) is 12.1 Å². The summed E-state index contributed by atoms with van der Waals surface area (Å²) in [4.78, 5) is 14.5. The molecule has 1 heterocycles. The highest BCUT2D eigenvalue weighted by molar-refractivity contribution is 7.89. The second-order valence-corrected chi connectivity index (χ2v) is 8.59. The molecule has 1 atom stereocenters. The van der Waals surface area contributed by atoms with Crippen molar-refractivity contribution >= 4 is 15.9 Å². The third-order valence-electron chi connectivity index (χ3n) is 4.87. The summed E-state index contributed by atoms with van der Waals surface area (Å²) < 4.78 is 27.2. The van der Waals surface area contributed by atoms with E-state index in [1.165, 1.54) is 4.31 Å². The van der Waals surface area contributed by atoms with Crippen LogP contribution in [0.25, 0.3) is 0 Å². The number of sulfonamides is 1. The Labute approximate surface area is 151 Å². The van der Waals surface area contributed by atoms with Crippen molar-refractivity contribution in [2.75, 3.05) is 32.7 Å². The van der Waals surface area contributed by atoms with Gasteiger partial charge in [0, 0.05) is 32.7 Å². The molecule has 1 fully saturated rings. The maximum atomic E-state index is 12.8. The van der Waals surface area contributed by atoms with Crippen molar-refractivity contribution in [3.63, 3.8) is 0 Å². The molecule has 0 spiro atoms. The number of carbonyl (C=O) groups excluding carboxylic acids is 1. The average Bonchev–Trinajstić information content (AvgIpc) is 2.61. The average molecular weight is 368 g/mol. The molecule has 1 aliphatic heterocycles. The fraction of sp³-hybridized carbons (Fsp3) is 0.611. The zero-order chi connectivity index (χ0) is 18.6. The zero-order valence-electron chi connectivity index (χ0n) is 15.6. The van der Waals surface area contributed by atoms with Gasteiger partial charge in [-0.2, -0.15) is 4.31 Å². The first-order valence-electron chi connectivity index (χ1n) is 8.86. The summed E-state index contributed by atoms with van der Waals surface area (Å²) in [5.74, 6) is 0.00677. The van der Waals surface area contributed by atoms with Gasteiger partial charge < -0.3 is 5.32 Å². The third-order valence-corrected chi connectivity index (χ3v) is 6.76. The van der Waals surface area contributed by atoms with Crippen LogP contribution in [0.15, 0.2) is 23.1 Å². The number of piperazine rings is 1. The molecule has 6 nitrogen and oxygen atoms in total. The molecule has 1 amide bonds. The molecule has 0 aliphatic carbocycles. The molecule has 25 heavy (non-hydrogen) atoms. The lowest BCUT2D eigenvalue weighted by atomic mass is 10.1. The highest BCUT2D eigenvalue weighted by Crippen LogP contribution is 2.21. The minimum absolute atomic E-state index is 0.00677. The Morgan fingerprint density at radius 1 is 1.16 bits per heavy atom. The van der Waals surface area contributed by atoms with Crippen molar-refractivity contribution in [3.05, 3.63) is 29.3 Å². The smallest absolute Gasteiger partial charge is 0.243 e. The van der Waals surface area contributed by atoms with E-state index in [9.17, 15) is 13.2 Å². The Hall–Kier alpha value is -1.44. The van der Waals surface area contributed by atoms with E-state index in [0.717, 1.165) is 17.5 Å². The van der Waals surface area contributed by atoms with E-state index in [-0.39, 0.29) is 11.9 Å². The van der Waals surface area contributed by atoms with Gasteiger partial charge in [-0.05, 0) is 50.5 Å². The van der Waals surface area contributed by atoms with E-state index in [1.807, 2.05) is 38.7 Å². The predicted molar refractivity (Wildman–Crippen MR) is 99.0 cm³/mol. The molecule has 1 aromatic rings. The molecule has 1 N–H and O–H groups in total. The van der Waals surface area contributed by atoms with Crippen LogP contribution < -0.4 is 5.32 Å². The molecule has 0 radical (unpaired) electrons. The van der Waals surface area contributed by atoms with Gasteiger partial charge in [0.1, 0.15) is 0 Å². The standard InChI is InChI=1S/C18H29N3O3S/c1-5-8-19-18(22)16(4)20-9-11-21(12-10-20)25(23,24)17-7-6-14(2)15(3)13-17/h6-7,13,16H,5,8-12H2,1-4H3,(H,19,22). The molecule has 7 heteroatoms. The number of hydrogen-bond acceptors (Lipinski definition) is 4. The normalized spacial score (nSPS) is 18.1. The number of amides is 1. The summed E-state index contributed by atoms with van der Waals surface area (Å²) in [6.07, 6.45) is 0.903. The summed E-state index contributed by atoms with van der Waals surface area (Å²) in [5, 5.41) is 2.90. The van der Waals surface area contributed by atoms with Crippen molar-refractivity contribution in [2.24, 2.45) is 0 Å². The van der Waals surface area contributed by atoms with Crippen LogP contribution in [-0.4, -0.2) is 62.3 Å². The van der Waals surface area contributed by atoms with Crippen LogP contribution in [0.2, 0.25) is 0 Å². The summed E-state index contributed by atoms with van der Waals surface area (Å²) in [5.41, 5.74) is 2.05. The first kappa shape index (κ1) is 19.9. The van der Waals surface area contributed by atoms with Crippen molar-refractivity contribution in [3.8, 4) is 0 Å². The number of rotatable bonds is 6. The molecule has 1 aliphatic rings. The minimum atomic E-state index is -3.48. The maximum Gasteiger partial charge on any atom is 0.243 e. The van der Waals surface area contributed by atoms with Crippen molar-refractivity contribution < 1.29 is 13.2 Å². The first-order valence-corrected chi connectivity index (χ1v) is 10.3. The van der Waals surface area contributed by atoms with Gasteiger partial charge in [0.05, 0.1) is 10.9 Å². The maximum absolute atomic E-state index is 12.8. The second kappa shape index (κ2) is 8.29. The fourth-order valence-electron chi connectivity index (χ4n) is 2.92. The van der Waals surface area contributed by atoms with Gasteiger partial charge in [-0.3, -0.25) is 9.69 Å². The Morgan fingerprint density at radius 2 is 1.80 bits per heavy atom. The van der Waals surface area contributed by atoms with Gasteiger partial charge >= 0.3 is 0 Å². The van der Waals surface area contributed by atoms with Crippen LogP contribution >= 0.6 is 0 Å². The van der Waals surface area contributed by atoms with Crippen LogP contribution in [-0.2, 0) is 14.8 Å². The minimum Gasteiger partial charge on any atom is -0.355 e. The number of aryl methyl sites for hydroxylation is 2. The number of benzene rings is 1. The summed E-state index contributed by atoms with van der Waals surface area (Å²) in [7, 11) is -3.48. The molecule has 1 saturated heterocycles. The van der Waals surface area contributed by atoms with Crippen LogP contribution in [0.4, 0.5) is 0 Å². The third kappa shape index (κ3) is 4.59. The van der Waals surface area contributed by atoms with E-state index < -0.39 is 10.0 Å². The lowest BCUT2D eigenvalue weighted by Gasteiger charge is -2.36. The number of nitrogens with zero attached hydrogens (tertiary/aromatic N) is 2. The number of hydrogen-bond donors (Lipinski definition) is 1. The Kier molecular flexibility index (Phi) is 6.59. The topological polar surface area (TPSA) is 69.7 Å². The molecule has 2 rings (SSSR count). The van der Waals surface area contributed by atoms with Crippen LogP contribution in [0.1, 0.15) is 31.4 Å². The van der Waals surface area contributed by atoms with Crippen molar-refractivity contribution in [2.45, 2.75) is 45.1 Å². The molecular weight excluding hydrogens is 338 g/mol. The second-order valence-electron chi connectivity index (χ2n) is 6.65. The predicted octanol–water partition coefficient (Wildman–Crippen LogP) is 1.52. The lowest BCUT2D eigenvalue weighted by molar-refractivity contribution is -0.126. The number of nitrogens with one attached hydrogen (secondary N) is 1. The SMILES string of the molecule is CCCNC(=O)C(C)N1CCN(S(=O)(=O)c2ccc(C)c(C)c2)CC1. The fourth-order valence-corrected chi connectivity index (χ4v) is 4.42. The molecule has 0 saturated carbocycles. The van der Waals surface area contributed by atoms with Gasteiger partial charge in [-0.25, -0.2) is 8.42 Å². The largest absolute Gasteiger partial charge is 0.355 e. The monoisotopic (exact) mass is 367 g/mol. The molecule has 1 unspecified atom stereocenters. The van der Waals surface area contributed by atoms with Gasteiger partial charge in [0.15, 0.2) is 0 Å². The Bertz CT molecular complexity index is 710. The quantitative estimate of drug-likeness (QED) is 0.828. The Balaban J connectivity index is 2.01. The van der Waals surface area contributed by atoms with Gasteiger partial charge in [0.25, 0.3) is 0 Å². The van der Waals surface area contributed by atoms with Crippen molar-refractivity contribution in [1.82, 2.24) is 14.5 Å². The number of carbonyl (C=O) groups is 1. The molecule has 0 bridgehead atoms. The van der Waals surface area contributed by atoms with Gasteiger partial charge in [-0.1, -0.05) is 13.0 Å². The Morgan fingerprint density at radius 3 is 2.36 bits per heavy atom. The van der Waals surface area contributed by atoms with E-state index in [2.05, 4.69) is 5.32 Å². The molecular formula is C18H29N3O3S. The van der Waals surface area contributed by atoms with E-state index in [4.69, 9.17) is 0 Å². The van der Waals surface area contributed by atoms with E-state index in [0.29, 0.717) is 37.6 Å². The van der Waals surface area contributed by atoms with Crippen LogP contribution in [0, 0.1) is 13.8 Å². The zero-order valence-corrected chi connectivity index (χ0v) is 16.4. The highest BCUT2D eigenvalue weighted by atomic mass is 32.2. The first-order chi connectivity index (χ1) is 11.8. The summed E-state index contributed by atoms with van der Waals surface area (Å²) >= 11 is 0. The molecule has 140 valence electrons. The highest BCUT2D eigenvalue weighted by Gasteiger charge is 2.31. The van der Waals surface area contributed by atoms with E-state index >= 15 is 0 Å². The van der Waals surface area contributed by atoms with Gasteiger partial charge in [0.2, 0.25) is 15.9 Å². The van der Waals surface area contributed by atoms with Crippen molar-refractivity contribution in [1.29, 1.82) is 0 Å². The molecule has 0 aromatic heterocycles. The lowest BCUT2D eigenvalue weighted by Crippen LogP contribution is -2.54. The van der Waals surface area contributed by atoms with Crippen LogP contribution in [0.3, 0.4) is 0 Å². The van der Waals surface area contributed by atoms with Gasteiger partial charge in [-0.15, -0.1) is 0 Å². The van der Waals surface area contributed by atoms with Crippen LogP contribution in [0.5, 0.6) is 0 Å². The molecule has 1 aromatic carbocycles. The summed E-state index contributed by atoms with van der Waals surface area (Å²) in [6.45, 7) is 10.4.